The number of piperazine rings is 1. The molecule has 0 aromatic heterocycles. The molecule has 0 spiro atoms. The molecule has 2 heterocycles. The molecule has 1 fully saturated rings. The Labute approximate surface area is 181 Å². The molecular weight excluding hydrogens is 394 g/mol. The summed E-state index contributed by atoms with van der Waals surface area (Å²) in [6.45, 7) is 5.05. The normalized spacial score (nSPS) is 19.0. The zero-order valence-electron chi connectivity index (χ0n) is 17.7. The van der Waals surface area contributed by atoms with Crippen molar-refractivity contribution in [1.82, 2.24) is 9.80 Å². The standard InChI is InChI=1S/C24H25N3O4/c1-16-15-26(24(30)18-7-4-3-5-8-18)13-14-27(16)23(29)17(2)31-21-10-6-9-20-19(21)11-12-25-22(20)28/h3-10,12,16-17H,11,13-15H2,1-2H3/t16-,17+/m1/s1. The first-order valence-corrected chi connectivity index (χ1v) is 10.5. The van der Waals surface area contributed by atoms with E-state index in [2.05, 4.69) is 4.99 Å². The van der Waals surface area contributed by atoms with Crippen LogP contribution in [0.4, 0.5) is 0 Å². The van der Waals surface area contributed by atoms with Gasteiger partial charge >= 0.3 is 0 Å². The molecule has 0 N–H and O–H groups in total. The van der Waals surface area contributed by atoms with E-state index in [1.54, 1.807) is 53.3 Å². The van der Waals surface area contributed by atoms with Crippen LogP contribution in [0.5, 0.6) is 5.75 Å². The number of amides is 3. The molecule has 0 aliphatic carbocycles. The first-order valence-electron chi connectivity index (χ1n) is 10.5. The molecule has 0 unspecified atom stereocenters. The third kappa shape index (κ3) is 4.21. The van der Waals surface area contributed by atoms with E-state index >= 15 is 0 Å². The predicted octanol–water partition coefficient (Wildman–Crippen LogP) is 2.59. The lowest BCUT2D eigenvalue weighted by Gasteiger charge is -2.40. The summed E-state index contributed by atoms with van der Waals surface area (Å²) in [6.07, 6.45) is 1.35. The van der Waals surface area contributed by atoms with Gasteiger partial charge in [0.2, 0.25) is 0 Å². The van der Waals surface area contributed by atoms with Crippen LogP contribution in [0.1, 0.15) is 40.1 Å². The topological polar surface area (TPSA) is 79.3 Å². The smallest absolute Gasteiger partial charge is 0.277 e. The van der Waals surface area contributed by atoms with Crippen molar-refractivity contribution in [3.05, 3.63) is 65.2 Å². The minimum absolute atomic E-state index is 0.0221. The quantitative estimate of drug-likeness (QED) is 0.763. The summed E-state index contributed by atoms with van der Waals surface area (Å²) in [6, 6.07) is 14.3. The van der Waals surface area contributed by atoms with Crippen LogP contribution in [0.15, 0.2) is 53.5 Å². The molecule has 7 heteroatoms. The lowest BCUT2D eigenvalue weighted by Crippen LogP contribution is -2.57. The molecule has 0 saturated carbocycles. The van der Waals surface area contributed by atoms with Crippen LogP contribution in [0.3, 0.4) is 0 Å². The fourth-order valence-corrected chi connectivity index (χ4v) is 4.08. The molecule has 2 aromatic carbocycles. The van der Waals surface area contributed by atoms with E-state index in [0.717, 1.165) is 5.56 Å². The Morgan fingerprint density at radius 1 is 1.10 bits per heavy atom. The van der Waals surface area contributed by atoms with Gasteiger partial charge in [-0.2, -0.15) is 0 Å². The second-order valence-electron chi connectivity index (χ2n) is 7.86. The highest BCUT2D eigenvalue weighted by Crippen LogP contribution is 2.27. The number of ether oxygens (including phenoxy) is 1. The van der Waals surface area contributed by atoms with Crippen LogP contribution in [0.25, 0.3) is 0 Å². The van der Waals surface area contributed by atoms with E-state index in [1.807, 2.05) is 25.1 Å². The van der Waals surface area contributed by atoms with Crippen LogP contribution in [0, 0.1) is 0 Å². The SMILES string of the molecule is C[C@H](Oc1cccc2c1CC=NC2=O)C(=O)N1CCN(C(=O)c2ccccc2)C[C@H]1C. The van der Waals surface area contributed by atoms with Gasteiger partial charge in [0.05, 0.1) is 0 Å². The Morgan fingerprint density at radius 3 is 2.61 bits per heavy atom. The molecule has 2 aromatic rings. The van der Waals surface area contributed by atoms with Gasteiger partial charge in [-0.25, -0.2) is 4.99 Å². The number of hydrogen-bond donors (Lipinski definition) is 0. The molecule has 2 aliphatic rings. The van der Waals surface area contributed by atoms with Gasteiger partial charge in [0.1, 0.15) is 5.75 Å². The van der Waals surface area contributed by atoms with Crippen molar-refractivity contribution in [3.8, 4) is 5.75 Å². The fraction of sp³-hybridized carbons (Fsp3) is 0.333. The summed E-state index contributed by atoms with van der Waals surface area (Å²) in [7, 11) is 0. The molecule has 160 valence electrons. The predicted molar refractivity (Wildman–Crippen MR) is 117 cm³/mol. The number of aliphatic imine (C=N–C) groups is 1. The molecule has 2 atom stereocenters. The maximum Gasteiger partial charge on any atom is 0.277 e. The summed E-state index contributed by atoms with van der Waals surface area (Å²) >= 11 is 0. The van der Waals surface area contributed by atoms with Crippen molar-refractivity contribution in [3.63, 3.8) is 0 Å². The number of rotatable bonds is 4. The van der Waals surface area contributed by atoms with Crippen molar-refractivity contribution < 1.29 is 19.1 Å². The molecule has 1 saturated heterocycles. The zero-order valence-corrected chi connectivity index (χ0v) is 17.7. The highest BCUT2D eigenvalue weighted by molar-refractivity contribution is 6.04. The molecule has 31 heavy (non-hydrogen) atoms. The molecule has 2 aliphatic heterocycles. The monoisotopic (exact) mass is 419 g/mol. The van der Waals surface area contributed by atoms with E-state index in [9.17, 15) is 14.4 Å². The van der Waals surface area contributed by atoms with E-state index in [1.165, 1.54) is 0 Å². The van der Waals surface area contributed by atoms with Crippen molar-refractivity contribution in [2.45, 2.75) is 32.4 Å². The maximum atomic E-state index is 13.1. The van der Waals surface area contributed by atoms with E-state index in [4.69, 9.17) is 4.74 Å². The molecule has 7 nitrogen and oxygen atoms in total. The minimum Gasteiger partial charge on any atom is -0.481 e. The minimum atomic E-state index is -0.709. The number of carbonyl (C=O) groups excluding carboxylic acids is 3. The average molecular weight is 419 g/mol. The number of nitrogens with zero attached hydrogens (tertiary/aromatic N) is 3. The third-order valence-corrected chi connectivity index (χ3v) is 5.74. The molecule has 3 amide bonds. The average Bonchev–Trinajstić information content (AvgIpc) is 2.79. The highest BCUT2D eigenvalue weighted by atomic mass is 16.5. The maximum absolute atomic E-state index is 13.1. The number of hydrogen-bond acceptors (Lipinski definition) is 4. The van der Waals surface area contributed by atoms with E-state index < -0.39 is 6.10 Å². The van der Waals surface area contributed by atoms with Gasteiger partial charge < -0.3 is 14.5 Å². The summed E-state index contributed by atoms with van der Waals surface area (Å²) in [5, 5.41) is 0. The van der Waals surface area contributed by atoms with Crippen molar-refractivity contribution in [1.29, 1.82) is 0 Å². The second-order valence-corrected chi connectivity index (χ2v) is 7.86. The van der Waals surface area contributed by atoms with Gasteiger partial charge in [0.25, 0.3) is 17.7 Å². The van der Waals surface area contributed by atoms with Crippen molar-refractivity contribution >= 4 is 23.9 Å². The zero-order chi connectivity index (χ0) is 22.0. The fourth-order valence-electron chi connectivity index (χ4n) is 4.08. The molecule has 0 bridgehead atoms. The Balaban J connectivity index is 1.41. The van der Waals surface area contributed by atoms with Gasteiger partial charge in [0.15, 0.2) is 6.10 Å². The van der Waals surface area contributed by atoms with Gasteiger partial charge in [-0.1, -0.05) is 24.3 Å². The van der Waals surface area contributed by atoms with Crippen LogP contribution in [-0.2, 0) is 11.2 Å². The second kappa shape index (κ2) is 8.71. The molecule has 0 radical (unpaired) electrons. The van der Waals surface area contributed by atoms with Crippen LogP contribution in [-0.4, -0.2) is 65.5 Å². The first kappa shape index (κ1) is 20.8. The summed E-state index contributed by atoms with van der Waals surface area (Å²) < 4.78 is 5.98. The van der Waals surface area contributed by atoms with Gasteiger partial charge in [-0.3, -0.25) is 14.4 Å². The number of benzene rings is 2. The van der Waals surface area contributed by atoms with Crippen molar-refractivity contribution in [2.75, 3.05) is 19.6 Å². The van der Waals surface area contributed by atoms with Gasteiger partial charge in [-0.15, -0.1) is 0 Å². The van der Waals surface area contributed by atoms with Gasteiger partial charge in [0, 0.05) is 55.0 Å². The summed E-state index contributed by atoms with van der Waals surface area (Å²) in [5.41, 5.74) is 1.92. The van der Waals surface area contributed by atoms with E-state index in [0.29, 0.717) is 42.9 Å². The summed E-state index contributed by atoms with van der Waals surface area (Å²) in [5.74, 6) is 0.0840. The van der Waals surface area contributed by atoms with Gasteiger partial charge in [-0.05, 0) is 38.1 Å². The Kier molecular flexibility index (Phi) is 5.84. The summed E-state index contributed by atoms with van der Waals surface area (Å²) in [4.78, 5) is 45.2. The molecular formula is C24H25N3O4. The van der Waals surface area contributed by atoms with E-state index in [-0.39, 0.29) is 23.8 Å². The third-order valence-electron chi connectivity index (χ3n) is 5.74. The number of fused-ring (bicyclic) bond motifs is 1. The van der Waals surface area contributed by atoms with Crippen LogP contribution < -0.4 is 4.74 Å². The lowest BCUT2D eigenvalue weighted by atomic mass is 10.0. The first-order chi connectivity index (χ1) is 15.0. The highest BCUT2D eigenvalue weighted by Gasteiger charge is 2.33. The largest absolute Gasteiger partial charge is 0.481 e. The lowest BCUT2D eigenvalue weighted by molar-refractivity contribution is -0.142. The number of carbonyl (C=O) groups is 3. The van der Waals surface area contributed by atoms with Crippen LogP contribution >= 0.6 is 0 Å². The van der Waals surface area contributed by atoms with Crippen molar-refractivity contribution in [2.24, 2.45) is 4.99 Å². The molecule has 4 rings (SSSR count). The Bertz CT molecular complexity index is 1030. The Hall–Kier alpha value is -3.48. The Morgan fingerprint density at radius 2 is 1.87 bits per heavy atom. The van der Waals surface area contributed by atoms with Crippen LogP contribution in [0.2, 0.25) is 0 Å².